The van der Waals surface area contributed by atoms with Crippen LogP contribution in [-0.2, 0) is 40.0 Å². The molecule has 5 heterocycles. The number of benzene rings is 1. The molecule has 1 atom stereocenters. The van der Waals surface area contributed by atoms with E-state index < -0.39 is 6.10 Å². The van der Waals surface area contributed by atoms with Crippen LogP contribution in [0.2, 0.25) is 5.02 Å². The van der Waals surface area contributed by atoms with E-state index in [2.05, 4.69) is 35.4 Å². The summed E-state index contributed by atoms with van der Waals surface area (Å²) in [6, 6.07) is 7.19. The molecule has 236 valence electrons. The molecule has 1 aromatic carbocycles. The number of pyridine rings is 1. The first-order valence-electron chi connectivity index (χ1n) is 15.1. The van der Waals surface area contributed by atoms with Crippen LogP contribution in [0.3, 0.4) is 0 Å². The number of anilines is 2. The van der Waals surface area contributed by atoms with Crippen LogP contribution in [0.5, 0.6) is 0 Å². The number of halogens is 1. The van der Waals surface area contributed by atoms with E-state index in [0.29, 0.717) is 48.4 Å². The molecule has 0 spiro atoms. The minimum Gasteiger partial charge on any atom is -0.392 e. The molecule has 4 aromatic rings. The summed E-state index contributed by atoms with van der Waals surface area (Å²) in [5.74, 6) is -0.0132. The molecule has 3 N–H and O–H groups in total. The lowest BCUT2D eigenvalue weighted by atomic mass is 10.0. The highest BCUT2D eigenvalue weighted by molar-refractivity contribution is 6.36. The Labute approximate surface area is 267 Å². The summed E-state index contributed by atoms with van der Waals surface area (Å²) in [5, 5.41) is 16.0. The van der Waals surface area contributed by atoms with E-state index in [1.165, 1.54) is 0 Å². The quantitative estimate of drug-likeness (QED) is 0.283. The fraction of sp³-hybridized carbons (Fsp3) is 0.406. The predicted molar refractivity (Wildman–Crippen MR) is 172 cm³/mol. The van der Waals surface area contributed by atoms with Gasteiger partial charge in [-0.2, -0.15) is 0 Å². The Morgan fingerprint density at radius 1 is 0.933 bits per heavy atom. The number of hydrogen-bond donors (Lipinski definition) is 3. The van der Waals surface area contributed by atoms with Crippen LogP contribution in [0.1, 0.15) is 56.5 Å². The number of likely N-dealkylation sites (N-methyl/N-ethyl adjacent to an activating group) is 1. The number of aliphatic hydroxyl groups excluding tert-OH is 1. The third-order valence-corrected chi connectivity index (χ3v) is 9.07. The molecule has 13 heteroatoms. The van der Waals surface area contributed by atoms with Crippen molar-refractivity contribution in [1.82, 2.24) is 33.9 Å². The first kappa shape index (κ1) is 30.9. The van der Waals surface area contributed by atoms with Gasteiger partial charge in [0.2, 0.25) is 0 Å². The highest BCUT2D eigenvalue weighted by Crippen LogP contribution is 2.36. The molecular formula is C32H38ClN9O3. The van der Waals surface area contributed by atoms with Crippen LogP contribution in [0.15, 0.2) is 30.5 Å². The summed E-state index contributed by atoms with van der Waals surface area (Å²) < 4.78 is 3.71. The van der Waals surface area contributed by atoms with E-state index in [9.17, 15) is 14.7 Å². The smallest absolute Gasteiger partial charge is 0.291 e. The zero-order valence-electron chi connectivity index (χ0n) is 26.2. The SMILES string of the molecule is Cc1c(NC(=O)c2nc3c(n2C)CCN(CC(C)O)C3)cccc1-c1nccc(NC(=O)c2nc3c(n2C)CCN(C)C3)c1Cl. The second-order valence-corrected chi connectivity index (χ2v) is 12.4. The summed E-state index contributed by atoms with van der Waals surface area (Å²) in [5.41, 5.74) is 6.85. The van der Waals surface area contributed by atoms with Gasteiger partial charge >= 0.3 is 0 Å². The molecule has 45 heavy (non-hydrogen) atoms. The summed E-state index contributed by atoms with van der Waals surface area (Å²) >= 11 is 6.85. The Morgan fingerprint density at radius 3 is 2.22 bits per heavy atom. The fourth-order valence-electron chi connectivity index (χ4n) is 6.29. The number of carbonyl (C=O) groups is 2. The van der Waals surface area contributed by atoms with Gasteiger partial charge in [-0.15, -0.1) is 0 Å². The van der Waals surface area contributed by atoms with E-state index in [-0.39, 0.29) is 16.8 Å². The third kappa shape index (κ3) is 5.98. The molecule has 0 saturated heterocycles. The number of β-amino-alcohol motifs (C(OH)–C–C–N with tert-alkyl or cyclic N) is 1. The minimum absolute atomic E-state index is 0.287. The first-order valence-corrected chi connectivity index (χ1v) is 15.4. The van der Waals surface area contributed by atoms with Crippen LogP contribution < -0.4 is 10.6 Å². The van der Waals surface area contributed by atoms with Gasteiger partial charge in [0.15, 0.2) is 11.6 Å². The van der Waals surface area contributed by atoms with Crippen LogP contribution in [0, 0.1) is 6.92 Å². The normalized spacial score (nSPS) is 15.8. The van der Waals surface area contributed by atoms with Gasteiger partial charge in [-0.1, -0.05) is 23.7 Å². The monoisotopic (exact) mass is 631 g/mol. The van der Waals surface area contributed by atoms with Crippen LogP contribution >= 0.6 is 11.6 Å². The molecule has 0 aliphatic carbocycles. The molecule has 0 saturated carbocycles. The number of carbonyl (C=O) groups excluding carboxylic acids is 2. The van der Waals surface area contributed by atoms with Gasteiger partial charge in [0.05, 0.1) is 33.9 Å². The Kier molecular flexibility index (Phi) is 8.49. The molecule has 12 nitrogen and oxygen atoms in total. The highest BCUT2D eigenvalue weighted by Gasteiger charge is 2.27. The predicted octanol–water partition coefficient (Wildman–Crippen LogP) is 3.41. The van der Waals surface area contributed by atoms with Crippen molar-refractivity contribution in [3.8, 4) is 11.3 Å². The number of aromatic nitrogens is 5. The summed E-state index contributed by atoms with van der Waals surface area (Å²) in [7, 11) is 5.76. The molecule has 6 rings (SSSR count). The van der Waals surface area contributed by atoms with Crippen molar-refractivity contribution >= 4 is 34.8 Å². The third-order valence-electron chi connectivity index (χ3n) is 8.68. The van der Waals surface area contributed by atoms with Crippen molar-refractivity contribution in [3.63, 3.8) is 0 Å². The highest BCUT2D eigenvalue weighted by atomic mass is 35.5. The maximum atomic E-state index is 13.5. The van der Waals surface area contributed by atoms with Crippen molar-refractivity contribution in [2.75, 3.05) is 37.3 Å². The zero-order chi connectivity index (χ0) is 32.0. The number of nitrogens with zero attached hydrogens (tertiary/aromatic N) is 7. The lowest BCUT2D eigenvalue weighted by Crippen LogP contribution is -2.36. The second-order valence-electron chi connectivity index (χ2n) is 12.0. The molecule has 0 bridgehead atoms. The molecule has 3 aromatic heterocycles. The van der Waals surface area contributed by atoms with Gasteiger partial charge in [-0.05, 0) is 38.6 Å². The van der Waals surface area contributed by atoms with Crippen LogP contribution in [0.4, 0.5) is 11.4 Å². The van der Waals surface area contributed by atoms with Gasteiger partial charge in [0, 0.05) is 88.5 Å². The second kappa shape index (κ2) is 12.4. The molecular weight excluding hydrogens is 594 g/mol. The van der Waals surface area contributed by atoms with Crippen molar-refractivity contribution in [2.45, 2.75) is 45.9 Å². The van der Waals surface area contributed by atoms with Crippen molar-refractivity contribution in [2.24, 2.45) is 14.1 Å². The van der Waals surface area contributed by atoms with Gasteiger partial charge in [-0.25, -0.2) is 9.97 Å². The topological polar surface area (TPSA) is 133 Å². The fourth-order valence-corrected chi connectivity index (χ4v) is 6.55. The number of aliphatic hydroxyl groups is 1. The largest absolute Gasteiger partial charge is 0.392 e. The number of imidazole rings is 2. The van der Waals surface area contributed by atoms with Crippen LogP contribution in [0.25, 0.3) is 11.3 Å². The molecule has 2 amide bonds. The number of hydrogen-bond acceptors (Lipinski definition) is 8. The Hall–Kier alpha value is -4.10. The molecule has 0 radical (unpaired) electrons. The van der Waals surface area contributed by atoms with Gasteiger partial charge in [0.1, 0.15) is 0 Å². The van der Waals surface area contributed by atoms with Gasteiger partial charge in [0.25, 0.3) is 11.8 Å². The maximum Gasteiger partial charge on any atom is 0.291 e. The standard InChI is InChI=1S/C32H38ClN9O3/c1-18(43)15-42-14-11-26-24(17-42)36-29(41(26)5)31(44)37-21-8-6-7-20(19(21)2)28-27(33)22(9-12-34-28)38-32(45)30-35-23-16-39(3)13-10-25(23)40(30)4/h6-9,12,18,43H,10-11,13-17H2,1-5H3,(H,37,44)(H,34,38,45). The number of fused-ring (bicyclic) bond motifs is 2. The summed E-state index contributed by atoms with van der Waals surface area (Å²) in [6.07, 6.45) is 2.75. The first-order chi connectivity index (χ1) is 21.5. The lowest BCUT2D eigenvalue weighted by molar-refractivity contribution is 0.100. The number of amides is 2. The van der Waals surface area contributed by atoms with E-state index in [1.54, 1.807) is 19.2 Å². The Bertz CT molecular complexity index is 1790. The Morgan fingerprint density at radius 2 is 1.56 bits per heavy atom. The van der Waals surface area contributed by atoms with E-state index in [1.807, 2.05) is 55.4 Å². The van der Waals surface area contributed by atoms with Crippen molar-refractivity contribution in [1.29, 1.82) is 0 Å². The molecule has 2 aliphatic rings. The minimum atomic E-state index is -0.429. The van der Waals surface area contributed by atoms with Crippen molar-refractivity contribution < 1.29 is 14.7 Å². The molecule has 1 unspecified atom stereocenters. The molecule has 0 fully saturated rings. The number of nitrogens with one attached hydrogen (secondary N) is 2. The van der Waals surface area contributed by atoms with E-state index in [0.717, 1.165) is 59.8 Å². The maximum absolute atomic E-state index is 13.5. The zero-order valence-corrected chi connectivity index (χ0v) is 26.9. The lowest BCUT2D eigenvalue weighted by Gasteiger charge is -2.27. The Balaban J connectivity index is 1.22. The van der Waals surface area contributed by atoms with E-state index in [4.69, 9.17) is 11.6 Å². The van der Waals surface area contributed by atoms with Crippen molar-refractivity contribution in [3.05, 3.63) is 75.5 Å². The summed E-state index contributed by atoms with van der Waals surface area (Å²) in [6.45, 7) is 7.23. The average Bonchev–Trinajstić information content (AvgIpc) is 3.50. The van der Waals surface area contributed by atoms with Gasteiger partial charge in [-0.3, -0.25) is 19.5 Å². The van der Waals surface area contributed by atoms with Crippen LogP contribution in [-0.4, -0.2) is 83.6 Å². The average molecular weight is 632 g/mol. The van der Waals surface area contributed by atoms with E-state index >= 15 is 0 Å². The number of rotatable bonds is 7. The molecule has 2 aliphatic heterocycles. The summed E-state index contributed by atoms with van der Waals surface area (Å²) in [4.78, 5) is 44.9. The van der Waals surface area contributed by atoms with Gasteiger partial charge < -0.3 is 29.8 Å².